The maximum Gasteiger partial charge on any atom is 0.195 e. The Morgan fingerprint density at radius 3 is 2.59 bits per heavy atom. The maximum atomic E-state index is 5.74. The van der Waals surface area contributed by atoms with Gasteiger partial charge in [-0.1, -0.05) is 6.07 Å². The minimum atomic E-state index is 0.676. The number of rotatable bonds is 5. The molecule has 0 unspecified atom stereocenters. The first-order chi connectivity index (χ1) is 10.7. The number of anilines is 1. The van der Waals surface area contributed by atoms with Crippen molar-refractivity contribution in [1.82, 2.24) is 4.98 Å². The van der Waals surface area contributed by atoms with Crippen molar-refractivity contribution < 1.29 is 13.9 Å². The fourth-order valence-electron chi connectivity index (χ4n) is 2.38. The highest BCUT2D eigenvalue weighted by Gasteiger charge is 2.08. The monoisotopic (exact) mass is 298 g/mol. The number of nitrogen functional groups attached to an aromatic ring is 1. The van der Waals surface area contributed by atoms with Crippen LogP contribution in [0.1, 0.15) is 11.5 Å². The zero-order chi connectivity index (χ0) is 15.5. The van der Waals surface area contributed by atoms with Crippen molar-refractivity contribution in [1.29, 1.82) is 0 Å². The second-order valence-corrected chi connectivity index (χ2v) is 5.02. The summed E-state index contributed by atoms with van der Waals surface area (Å²) in [4.78, 5) is 4.47. The van der Waals surface area contributed by atoms with E-state index in [0.717, 1.165) is 34.6 Å². The lowest BCUT2D eigenvalue weighted by molar-refractivity contribution is 0.354. The van der Waals surface area contributed by atoms with Crippen molar-refractivity contribution in [3.63, 3.8) is 0 Å². The van der Waals surface area contributed by atoms with Gasteiger partial charge in [-0.25, -0.2) is 4.98 Å². The van der Waals surface area contributed by atoms with Crippen molar-refractivity contribution in [2.45, 2.75) is 12.8 Å². The molecule has 2 aromatic carbocycles. The van der Waals surface area contributed by atoms with Gasteiger partial charge < -0.3 is 19.6 Å². The SMILES string of the molecule is COc1ccc(CCc2nc3ccc(N)cc3o2)cc1OC. The van der Waals surface area contributed by atoms with E-state index in [4.69, 9.17) is 19.6 Å². The molecule has 0 aliphatic rings. The largest absolute Gasteiger partial charge is 0.493 e. The summed E-state index contributed by atoms with van der Waals surface area (Å²) in [6.07, 6.45) is 1.52. The molecule has 0 radical (unpaired) electrons. The molecule has 22 heavy (non-hydrogen) atoms. The van der Waals surface area contributed by atoms with Gasteiger partial charge in [-0.15, -0.1) is 0 Å². The van der Waals surface area contributed by atoms with Gasteiger partial charge in [-0.2, -0.15) is 0 Å². The molecule has 0 spiro atoms. The van der Waals surface area contributed by atoms with Crippen LogP contribution in [0, 0.1) is 0 Å². The Morgan fingerprint density at radius 2 is 1.82 bits per heavy atom. The zero-order valence-corrected chi connectivity index (χ0v) is 12.6. The first-order valence-electron chi connectivity index (χ1n) is 7.05. The molecule has 5 heteroatoms. The van der Waals surface area contributed by atoms with Crippen LogP contribution < -0.4 is 15.2 Å². The highest BCUT2D eigenvalue weighted by atomic mass is 16.5. The maximum absolute atomic E-state index is 5.74. The molecule has 2 N–H and O–H groups in total. The number of methoxy groups -OCH3 is 2. The highest BCUT2D eigenvalue weighted by molar-refractivity contribution is 5.76. The molecular formula is C17H18N2O3. The van der Waals surface area contributed by atoms with Crippen molar-refractivity contribution in [3.8, 4) is 11.5 Å². The molecule has 0 saturated heterocycles. The van der Waals surface area contributed by atoms with Gasteiger partial charge in [0.1, 0.15) is 5.52 Å². The van der Waals surface area contributed by atoms with Gasteiger partial charge in [0.2, 0.25) is 0 Å². The molecule has 0 saturated carbocycles. The van der Waals surface area contributed by atoms with Crippen molar-refractivity contribution in [2.24, 2.45) is 0 Å². The molecule has 3 rings (SSSR count). The van der Waals surface area contributed by atoms with E-state index < -0.39 is 0 Å². The van der Waals surface area contributed by atoms with Crippen molar-refractivity contribution >= 4 is 16.8 Å². The van der Waals surface area contributed by atoms with Crippen LogP contribution in [0.3, 0.4) is 0 Å². The summed E-state index contributed by atoms with van der Waals surface area (Å²) in [5.74, 6) is 2.16. The Balaban J connectivity index is 1.76. The van der Waals surface area contributed by atoms with Gasteiger partial charge in [0.05, 0.1) is 14.2 Å². The minimum absolute atomic E-state index is 0.676. The molecule has 0 aliphatic heterocycles. The molecule has 1 aromatic heterocycles. The summed E-state index contributed by atoms with van der Waals surface area (Å²) < 4.78 is 16.3. The van der Waals surface area contributed by atoms with Gasteiger partial charge in [0, 0.05) is 18.2 Å². The Labute approximate surface area is 128 Å². The number of hydrogen-bond acceptors (Lipinski definition) is 5. The van der Waals surface area contributed by atoms with E-state index in [0.29, 0.717) is 18.0 Å². The summed E-state index contributed by atoms with van der Waals surface area (Å²) in [6, 6.07) is 11.4. The average Bonchev–Trinajstić information content (AvgIpc) is 2.94. The number of hydrogen-bond donors (Lipinski definition) is 1. The predicted octanol–water partition coefficient (Wildman–Crippen LogP) is 3.21. The number of aromatic nitrogens is 1. The van der Waals surface area contributed by atoms with Crippen LogP contribution in [0.25, 0.3) is 11.1 Å². The fourth-order valence-corrected chi connectivity index (χ4v) is 2.38. The second-order valence-electron chi connectivity index (χ2n) is 5.02. The van der Waals surface area contributed by atoms with Gasteiger partial charge in [-0.05, 0) is 36.2 Å². The topological polar surface area (TPSA) is 70.5 Å². The molecule has 1 heterocycles. The number of benzene rings is 2. The highest BCUT2D eigenvalue weighted by Crippen LogP contribution is 2.28. The Bertz CT molecular complexity index is 796. The fraction of sp³-hybridized carbons (Fsp3) is 0.235. The van der Waals surface area contributed by atoms with Crippen LogP contribution in [0.2, 0.25) is 0 Å². The van der Waals surface area contributed by atoms with Crippen LogP contribution in [0.4, 0.5) is 5.69 Å². The van der Waals surface area contributed by atoms with Gasteiger partial charge in [0.15, 0.2) is 23.0 Å². The van der Waals surface area contributed by atoms with Crippen LogP contribution in [0.15, 0.2) is 40.8 Å². The zero-order valence-electron chi connectivity index (χ0n) is 12.6. The van der Waals surface area contributed by atoms with Crippen molar-refractivity contribution in [2.75, 3.05) is 20.0 Å². The van der Waals surface area contributed by atoms with E-state index in [1.165, 1.54) is 0 Å². The number of nitrogens with zero attached hydrogens (tertiary/aromatic N) is 1. The standard InChI is InChI=1S/C17H18N2O3/c1-20-14-7-3-11(9-16(14)21-2)4-8-17-19-13-6-5-12(18)10-15(13)22-17/h3,5-7,9-10H,4,8,18H2,1-2H3. The van der Waals surface area contributed by atoms with Gasteiger partial charge in [-0.3, -0.25) is 0 Å². The third-order valence-electron chi connectivity index (χ3n) is 3.53. The summed E-state index contributed by atoms with van der Waals surface area (Å²) in [6.45, 7) is 0. The summed E-state index contributed by atoms with van der Waals surface area (Å²) in [7, 11) is 3.26. The molecular weight excluding hydrogens is 280 g/mol. The molecule has 5 nitrogen and oxygen atoms in total. The van der Waals surface area contributed by atoms with E-state index in [1.807, 2.05) is 30.3 Å². The van der Waals surface area contributed by atoms with E-state index in [2.05, 4.69) is 4.98 Å². The summed E-state index contributed by atoms with van der Waals surface area (Å²) >= 11 is 0. The first kappa shape index (κ1) is 14.3. The van der Waals surface area contributed by atoms with Crippen LogP contribution in [-0.4, -0.2) is 19.2 Å². The third-order valence-corrected chi connectivity index (χ3v) is 3.53. The lowest BCUT2D eigenvalue weighted by Crippen LogP contribution is -1.95. The van der Waals surface area contributed by atoms with Crippen LogP contribution in [0.5, 0.6) is 11.5 Å². The Morgan fingerprint density at radius 1 is 1.00 bits per heavy atom. The quantitative estimate of drug-likeness (QED) is 0.732. The van der Waals surface area contributed by atoms with Gasteiger partial charge in [0.25, 0.3) is 0 Å². The van der Waals surface area contributed by atoms with Crippen LogP contribution in [-0.2, 0) is 12.8 Å². The third kappa shape index (κ3) is 2.83. The molecule has 0 fully saturated rings. The Kier molecular flexibility index (Phi) is 3.87. The molecule has 0 bridgehead atoms. The lowest BCUT2D eigenvalue weighted by Gasteiger charge is -2.08. The normalized spacial score (nSPS) is 10.8. The smallest absolute Gasteiger partial charge is 0.195 e. The van der Waals surface area contributed by atoms with E-state index in [-0.39, 0.29) is 0 Å². The first-order valence-corrected chi connectivity index (χ1v) is 7.05. The van der Waals surface area contributed by atoms with Crippen LogP contribution >= 0.6 is 0 Å². The van der Waals surface area contributed by atoms with Crippen molar-refractivity contribution in [3.05, 3.63) is 47.9 Å². The number of aryl methyl sites for hydroxylation is 2. The average molecular weight is 298 g/mol. The Hall–Kier alpha value is -2.69. The number of ether oxygens (including phenoxy) is 2. The summed E-state index contributed by atoms with van der Waals surface area (Å²) in [5.41, 5.74) is 9.11. The van der Waals surface area contributed by atoms with E-state index in [1.54, 1.807) is 20.3 Å². The second kappa shape index (κ2) is 5.97. The molecule has 0 amide bonds. The summed E-state index contributed by atoms with van der Waals surface area (Å²) in [5, 5.41) is 0. The molecule has 114 valence electrons. The minimum Gasteiger partial charge on any atom is -0.493 e. The number of oxazole rings is 1. The van der Waals surface area contributed by atoms with Gasteiger partial charge >= 0.3 is 0 Å². The number of fused-ring (bicyclic) bond motifs is 1. The lowest BCUT2D eigenvalue weighted by atomic mass is 10.1. The van der Waals surface area contributed by atoms with E-state index in [9.17, 15) is 0 Å². The molecule has 0 aliphatic carbocycles. The number of nitrogens with two attached hydrogens (primary N) is 1. The van der Waals surface area contributed by atoms with E-state index >= 15 is 0 Å². The molecule has 3 aromatic rings. The predicted molar refractivity (Wildman–Crippen MR) is 85.4 cm³/mol. The molecule has 0 atom stereocenters.